The van der Waals surface area contributed by atoms with Crippen LogP contribution in [0.15, 0.2) is 4.99 Å². The predicted octanol–water partition coefficient (Wildman–Crippen LogP) is 3.23. The number of likely N-dealkylation sites (tertiary alicyclic amines) is 1. The van der Waals surface area contributed by atoms with E-state index in [0.29, 0.717) is 25.7 Å². The fourth-order valence-electron chi connectivity index (χ4n) is 3.51. The van der Waals surface area contributed by atoms with Gasteiger partial charge in [0.15, 0.2) is 5.96 Å². The summed E-state index contributed by atoms with van der Waals surface area (Å²) in [5, 5.41) is 6.73. The smallest absolute Gasteiger partial charge is 0.356 e. The summed E-state index contributed by atoms with van der Waals surface area (Å²) >= 11 is 0. The number of rotatable bonds is 4. The lowest BCUT2D eigenvalue weighted by Gasteiger charge is -2.28. The predicted molar refractivity (Wildman–Crippen MR) is 102 cm³/mol. The second-order valence-corrected chi connectivity index (χ2v) is 7.06. The first-order valence-corrected chi connectivity index (χ1v) is 8.62. The summed E-state index contributed by atoms with van der Waals surface area (Å²) in [7, 11) is 1.74. The molecule has 1 saturated carbocycles. The van der Waals surface area contributed by atoms with E-state index in [9.17, 15) is 13.2 Å². The van der Waals surface area contributed by atoms with Crippen LogP contribution in [-0.2, 0) is 0 Å². The van der Waals surface area contributed by atoms with Crippen LogP contribution in [0.4, 0.5) is 13.2 Å². The van der Waals surface area contributed by atoms with Gasteiger partial charge >= 0.3 is 6.18 Å². The minimum absolute atomic E-state index is 0. The number of nitrogens with zero attached hydrogens (tertiary/aromatic N) is 2. The molecule has 0 radical (unpaired) electrons. The van der Waals surface area contributed by atoms with Gasteiger partial charge in [0.1, 0.15) is 0 Å². The highest BCUT2D eigenvalue weighted by atomic mass is 127. The van der Waals surface area contributed by atoms with Crippen LogP contribution in [-0.4, -0.2) is 56.3 Å². The molecule has 1 unspecified atom stereocenters. The van der Waals surface area contributed by atoms with Gasteiger partial charge in [-0.1, -0.05) is 6.92 Å². The molecule has 1 aliphatic heterocycles. The number of hydrogen-bond donors (Lipinski definition) is 2. The molecule has 24 heavy (non-hydrogen) atoms. The van der Waals surface area contributed by atoms with Crippen LogP contribution in [0.3, 0.4) is 0 Å². The van der Waals surface area contributed by atoms with Gasteiger partial charge in [-0.15, -0.1) is 24.0 Å². The Bertz CT molecular complexity index is 395. The first-order valence-electron chi connectivity index (χ1n) is 8.62. The number of aliphatic imine (C=N–C) groups is 1. The number of guanidine groups is 1. The Morgan fingerprint density at radius 2 is 1.83 bits per heavy atom. The Labute approximate surface area is 160 Å². The van der Waals surface area contributed by atoms with Crippen LogP contribution in [0.25, 0.3) is 0 Å². The van der Waals surface area contributed by atoms with Crippen LogP contribution < -0.4 is 10.6 Å². The summed E-state index contributed by atoms with van der Waals surface area (Å²) in [5.41, 5.74) is 0. The lowest BCUT2D eigenvalue weighted by Crippen LogP contribution is -2.46. The molecule has 2 fully saturated rings. The Morgan fingerprint density at radius 1 is 1.17 bits per heavy atom. The van der Waals surface area contributed by atoms with Gasteiger partial charge in [-0.05, 0) is 50.5 Å². The number of hydrogen-bond acceptors (Lipinski definition) is 2. The highest BCUT2D eigenvalue weighted by molar-refractivity contribution is 14.0. The Hall–Kier alpha value is -0.250. The van der Waals surface area contributed by atoms with E-state index in [-0.39, 0.29) is 29.9 Å². The van der Waals surface area contributed by atoms with E-state index in [4.69, 9.17) is 0 Å². The second-order valence-electron chi connectivity index (χ2n) is 7.06. The lowest BCUT2D eigenvalue weighted by atomic mass is 9.87. The van der Waals surface area contributed by atoms with Crippen molar-refractivity contribution in [3.05, 3.63) is 0 Å². The van der Waals surface area contributed by atoms with Crippen molar-refractivity contribution < 1.29 is 13.2 Å². The summed E-state index contributed by atoms with van der Waals surface area (Å²) in [6, 6.07) is 0.461. The Balaban J connectivity index is 0.00000288. The standard InChI is InChI=1S/C16H29F3N4.HI/c1-12-3-5-14(6-4-12)22-15(20-2)21-9-13-7-8-23(10-13)11-16(17,18)19;/h12-14H,3-11H2,1-2H3,(H2,20,21,22);1H. The average molecular weight is 462 g/mol. The molecular formula is C16H30F3IN4. The fourth-order valence-corrected chi connectivity index (χ4v) is 3.51. The molecular weight excluding hydrogens is 432 g/mol. The van der Waals surface area contributed by atoms with Gasteiger partial charge in [-0.2, -0.15) is 13.2 Å². The maximum Gasteiger partial charge on any atom is 0.401 e. The van der Waals surface area contributed by atoms with Crippen LogP contribution in [0, 0.1) is 11.8 Å². The number of halogens is 4. The molecule has 1 saturated heterocycles. The minimum atomic E-state index is -4.10. The molecule has 4 nitrogen and oxygen atoms in total. The molecule has 0 aromatic rings. The van der Waals surface area contributed by atoms with Crippen molar-refractivity contribution in [3.8, 4) is 0 Å². The summed E-state index contributed by atoms with van der Waals surface area (Å²) < 4.78 is 37.2. The zero-order valence-corrected chi connectivity index (χ0v) is 16.9. The normalized spacial score (nSPS) is 29.2. The van der Waals surface area contributed by atoms with Gasteiger partial charge in [0.25, 0.3) is 0 Å². The van der Waals surface area contributed by atoms with Gasteiger partial charge in [-0.25, -0.2) is 0 Å². The minimum Gasteiger partial charge on any atom is -0.356 e. The third-order valence-electron chi connectivity index (χ3n) is 4.91. The quantitative estimate of drug-likeness (QED) is 0.383. The van der Waals surface area contributed by atoms with Crippen LogP contribution >= 0.6 is 24.0 Å². The first kappa shape index (κ1) is 21.8. The van der Waals surface area contributed by atoms with Gasteiger partial charge in [0.05, 0.1) is 6.54 Å². The topological polar surface area (TPSA) is 39.7 Å². The van der Waals surface area contributed by atoms with Gasteiger partial charge < -0.3 is 10.6 Å². The second kappa shape index (κ2) is 10.0. The highest BCUT2D eigenvalue weighted by Crippen LogP contribution is 2.24. The maximum absolute atomic E-state index is 12.4. The van der Waals surface area contributed by atoms with Crippen molar-refractivity contribution in [2.75, 3.05) is 33.2 Å². The van der Waals surface area contributed by atoms with Gasteiger partial charge in [0, 0.05) is 26.2 Å². The zero-order valence-electron chi connectivity index (χ0n) is 14.5. The first-order chi connectivity index (χ1) is 10.9. The van der Waals surface area contributed by atoms with Gasteiger partial charge in [0.2, 0.25) is 0 Å². The molecule has 2 N–H and O–H groups in total. The lowest BCUT2D eigenvalue weighted by molar-refractivity contribution is -0.143. The maximum atomic E-state index is 12.4. The zero-order chi connectivity index (χ0) is 16.9. The summed E-state index contributed by atoms with van der Waals surface area (Å²) in [4.78, 5) is 5.73. The molecule has 0 aromatic carbocycles. The largest absolute Gasteiger partial charge is 0.401 e. The number of alkyl halides is 3. The van der Waals surface area contributed by atoms with Crippen molar-refractivity contribution in [1.82, 2.24) is 15.5 Å². The Kier molecular flexibility index (Phi) is 9.11. The third-order valence-corrected chi connectivity index (χ3v) is 4.91. The molecule has 1 aliphatic carbocycles. The molecule has 0 spiro atoms. The van der Waals surface area contributed by atoms with E-state index < -0.39 is 12.7 Å². The van der Waals surface area contributed by atoms with E-state index in [1.165, 1.54) is 17.7 Å². The van der Waals surface area contributed by atoms with Crippen molar-refractivity contribution >= 4 is 29.9 Å². The van der Waals surface area contributed by atoms with Crippen LogP contribution in [0.1, 0.15) is 39.0 Å². The molecule has 2 aliphatic rings. The molecule has 0 amide bonds. The summed E-state index contributed by atoms with van der Waals surface area (Å²) in [6.45, 7) is 3.20. The van der Waals surface area contributed by atoms with E-state index >= 15 is 0 Å². The van der Waals surface area contributed by atoms with E-state index in [2.05, 4.69) is 22.5 Å². The SMILES string of the molecule is CN=C(NCC1CCN(CC(F)(F)F)C1)NC1CCC(C)CC1.I. The Morgan fingerprint density at radius 3 is 2.42 bits per heavy atom. The van der Waals surface area contributed by atoms with E-state index in [1.54, 1.807) is 7.05 Å². The average Bonchev–Trinajstić information content (AvgIpc) is 2.91. The number of nitrogens with one attached hydrogen (secondary N) is 2. The molecule has 0 aromatic heterocycles. The van der Waals surface area contributed by atoms with E-state index in [1.807, 2.05) is 0 Å². The van der Waals surface area contributed by atoms with Crippen molar-refractivity contribution in [2.45, 2.75) is 51.2 Å². The summed E-state index contributed by atoms with van der Waals surface area (Å²) in [6.07, 6.45) is 1.50. The highest BCUT2D eigenvalue weighted by Gasteiger charge is 2.34. The molecule has 0 bridgehead atoms. The fraction of sp³-hybridized carbons (Fsp3) is 0.938. The monoisotopic (exact) mass is 462 g/mol. The van der Waals surface area contributed by atoms with Crippen molar-refractivity contribution in [2.24, 2.45) is 16.8 Å². The molecule has 2 rings (SSSR count). The molecule has 142 valence electrons. The van der Waals surface area contributed by atoms with Gasteiger partial charge in [-0.3, -0.25) is 9.89 Å². The molecule has 1 atom stereocenters. The van der Waals surface area contributed by atoms with Crippen molar-refractivity contribution in [1.29, 1.82) is 0 Å². The molecule has 1 heterocycles. The van der Waals surface area contributed by atoms with E-state index in [0.717, 1.165) is 31.1 Å². The summed E-state index contributed by atoms with van der Waals surface area (Å²) in [5.74, 6) is 1.84. The third kappa shape index (κ3) is 7.76. The molecule has 8 heteroatoms. The van der Waals surface area contributed by atoms with Crippen LogP contribution in [0.2, 0.25) is 0 Å². The van der Waals surface area contributed by atoms with Crippen LogP contribution in [0.5, 0.6) is 0 Å². The van der Waals surface area contributed by atoms with Crippen molar-refractivity contribution in [3.63, 3.8) is 0 Å².